The van der Waals surface area contributed by atoms with Gasteiger partial charge in [-0.15, -0.1) is 0 Å². The third kappa shape index (κ3) is 3.85. The Morgan fingerprint density at radius 1 is 1.64 bits per heavy atom. The molecular formula is C9H12N2O2S. The topological polar surface area (TPSA) is 52.1 Å². The van der Waals surface area contributed by atoms with Crippen LogP contribution in [0.4, 0.5) is 0 Å². The van der Waals surface area contributed by atoms with E-state index >= 15 is 0 Å². The lowest BCUT2D eigenvalue weighted by Crippen LogP contribution is -2.09. The summed E-state index contributed by atoms with van der Waals surface area (Å²) in [5, 5.41) is 0.634. The highest BCUT2D eigenvalue weighted by atomic mass is 32.2. The number of aryl methyl sites for hydroxylation is 1. The SMILES string of the molecule is COCC(=O)CSc1nccc(C)n1. The van der Waals surface area contributed by atoms with E-state index in [4.69, 9.17) is 4.74 Å². The van der Waals surface area contributed by atoms with E-state index < -0.39 is 0 Å². The van der Waals surface area contributed by atoms with E-state index in [1.165, 1.54) is 18.9 Å². The van der Waals surface area contributed by atoms with E-state index in [9.17, 15) is 4.79 Å². The number of carbonyl (C=O) groups excluding carboxylic acids is 1. The zero-order valence-corrected chi connectivity index (χ0v) is 9.00. The Kier molecular flexibility index (Phi) is 4.55. The maximum atomic E-state index is 11.1. The highest BCUT2D eigenvalue weighted by Crippen LogP contribution is 2.11. The molecule has 1 rings (SSSR count). The normalized spacial score (nSPS) is 10.1. The molecule has 5 heteroatoms. The Labute approximate surface area is 87.1 Å². The molecule has 14 heavy (non-hydrogen) atoms. The first kappa shape index (κ1) is 11.1. The van der Waals surface area contributed by atoms with E-state index in [-0.39, 0.29) is 12.4 Å². The highest BCUT2D eigenvalue weighted by molar-refractivity contribution is 7.99. The lowest BCUT2D eigenvalue weighted by molar-refractivity contribution is -0.120. The predicted molar refractivity (Wildman–Crippen MR) is 54.4 cm³/mol. The minimum Gasteiger partial charge on any atom is -0.377 e. The van der Waals surface area contributed by atoms with Crippen LogP contribution >= 0.6 is 11.8 Å². The third-order valence-electron chi connectivity index (χ3n) is 1.44. The number of hydrogen-bond donors (Lipinski definition) is 0. The molecule has 1 aromatic heterocycles. The molecule has 1 aromatic rings. The molecule has 0 unspecified atom stereocenters. The average molecular weight is 212 g/mol. The summed E-state index contributed by atoms with van der Waals surface area (Å²) in [5.41, 5.74) is 0.904. The summed E-state index contributed by atoms with van der Waals surface area (Å²) in [4.78, 5) is 19.3. The fourth-order valence-corrected chi connectivity index (χ4v) is 1.56. The number of ketones is 1. The van der Waals surface area contributed by atoms with Crippen molar-refractivity contribution in [1.82, 2.24) is 9.97 Å². The maximum Gasteiger partial charge on any atom is 0.188 e. The minimum absolute atomic E-state index is 0.0441. The van der Waals surface area contributed by atoms with Crippen molar-refractivity contribution in [2.24, 2.45) is 0 Å². The van der Waals surface area contributed by atoms with Crippen LogP contribution in [0.3, 0.4) is 0 Å². The van der Waals surface area contributed by atoms with Gasteiger partial charge in [-0.3, -0.25) is 4.79 Å². The van der Waals surface area contributed by atoms with Gasteiger partial charge in [0.1, 0.15) is 6.61 Å². The second-order valence-electron chi connectivity index (χ2n) is 2.74. The third-order valence-corrected chi connectivity index (χ3v) is 2.36. The van der Waals surface area contributed by atoms with Gasteiger partial charge in [-0.2, -0.15) is 0 Å². The number of methoxy groups -OCH3 is 1. The van der Waals surface area contributed by atoms with Gasteiger partial charge in [-0.25, -0.2) is 9.97 Å². The molecule has 0 saturated carbocycles. The Morgan fingerprint density at radius 3 is 3.07 bits per heavy atom. The molecule has 0 bridgehead atoms. The number of carbonyl (C=O) groups is 1. The number of thioether (sulfide) groups is 1. The van der Waals surface area contributed by atoms with E-state index in [1.807, 2.05) is 13.0 Å². The van der Waals surface area contributed by atoms with Gasteiger partial charge in [0.25, 0.3) is 0 Å². The summed E-state index contributed by atoms with van der Waals surface area (Å²) in [6.45, 7) is 2.04. The molecule has 0 amide bonds. The van der Waals surface area contributed by atoms with Crippen LogP contribution in [-0.2, 0) is 9.53 Å². The molecule has 0 radical (unpaired) electrons. The molecule has 0 saturated heterocycles. The zero-order chi connectivity index (χ0) is 10.4. The van der Waals surface area contributed by atoms with Gasteiger partial charge in [0.05, 0.1) is 5.75 Å². The summed E-state index contributed by atoms with van der Waals surface area (Å²) >= 11 is 1.33. The van der Waals surface area contributed by atoms with Crippen molar-refractivity contribution in [1.29, 1.82) is 0 Å². The van der Waals surface area contributed by atoms with Gasteiger partial charge < -0.3 is 4.74 Å². The van der Waals surface area contributed by atoms with Crippen molar-refractivity contribution in [2.75, 3.05) is 19.5 Å². The number of Topliss-reactive ketones (excluding diaryl/α,β-unsaturated/α-hetero) is 1. The van der Waals surface area contributed by atoms with Gasteiger partial charge in [0.15, 0.2) is 10.9 Å². The van der Waals surface area contributed by atoms with Gasteiger partial charge in [0.2, 0.25) is 0 Å². The van der Waals surface area contributed by atoms with Crippen LogP contribution in [-0.4, -0.2) is 35.2 Å². The molecule has 4 nitrogen and oxygen atoms in total. The molecule has 0 aliphatic rings. The van der Waals surface area contributed by atoms with Crippen LogP contribution in [0.25, 0.3) is 0 Å². The Bertz CT molecular complexity index is 317. The van der Waals surface area contributed by atoms with Crippen molar-refractivity contribution >= 4 is 17.5 Å². The summed E-state index contributed by atoms with van der Waals surface area (Å²) in [6.07, 6.45) is 1.69. The average Bonchev–Trinajstić information content (AvgIpc) is 2.15. The minimum atomic E-state index is 0.0441. The molecule has 0 aliphatic carbocycles. The fraction of sp³-hybridized carbons (Fsp3) is 0.444. The van der Waals surface area contributed by atoms with Crippen molar-refractivity contribution in [2.45, 2.75) is 12.1 Å². The Balaban J connectivity index is 2.41. The smallest absolute Gasteiger partial charge is 0.188 e. The second-order valence-corrected chi connectivity index (χ2v) is 3.68. The van der Waals surface area contributed by atoms with E-state index in [2.05, 4.69) is 9.97 Å². The first-order chi connectivity index (χ1) is 6.72. The summed E-state index contributed by atoms with van der Waals surface area (Å²) < 4.78 is 4.71. The monoisotopic (exact) mass is 212 g/mol. The van der Waals surface area contributed by atoms with Gasteiger partial charge in [0, 0.05) is 19.0 Å². The van der Waals surface area contributed by atoms with E-state index in [0.717, 1.165) is 5.69 Å². The first-order valence-corrected chi connectivity index (χ1v) is 5.14. The number of rotatable bonds is 5. The molecule has 0 aliphatic heterocycles. The highest BCUT2D eigenvalue weighted by Gasteiger charge is 2.04. The molecule has 0 aromatic carbocycles. The standard InChI is InChI=1S/C9H12N2O2S/c1-7-3-4-10-9(11-7)14-6-8(12)5-13-2/h3-4H,5-6H2,1-2H3. The van der Waals surface area contributed by atoms with Crippen molar-refractivity contribution in [3.8, 4) is 0 Å². The maximum absolute atomic E-state index is 11.1. The quantitative estimate of drug-likeness (QED) is 0.540. The number of hydrogen-bond acceptors (Lipinski definition) is 5. The van der Waals surface area contributed by atoms with Crippen LogP contribution in [0.2, 0.25) is 0 Å². The zero-order valence-electron chi connectivity index (χ0n) is 8.19. The molecule has 0 N–H and O–H groups in total. The van der Waals surface area contributed by atoms with Gasteiger partial charge in [-0.1, -0.05) is 11.8 Å². The van der Waals surface area contributed by atoms with Crippen LogP contribution < -0.4 is 0 Å². The van der Waals surface area contributed by atoms with Gasteiger partial charge >= 0.3 is 0 Å². The number of nitrogens with zero attached hydrogens (tertiary/aromatic N) is 2. The Morgan fingerprint density at radius 2 is 2.43 bits per heavy atom. The molecular weight excluding hydrogens is 200 g/mol. The summed E-state index contributed by atoms with van der Waals surface area (Å²) in [6, 6.07) is 1.82. The fourth-order valence-electron chi connectivity index (χ4n) is 0.843. The second kappa shape index (κ2) is 5.72. The van der Waals surface area contributed by atoms with E-state index in [0.29, 0.717) is 10.9 Å². The molecule has 0 spiro atoms. The van der Waals surface area contributed by atoms with Crippen molar-refractivity contribution in [3.63, 3.8) is 0 Å². The predicted octanol–water partition coefficient (Wildman–Crippen LogP) is 1.09. The largest absolute Gasteiger partial charge is 0.377 e. The Hall–Kier alpha value is -0.940. The summed E-state index contributed by atoms with van der Waals surface area (Å²) in [7, 11) is 1.51. The lowest BCUT2D eigenvalue weighted by Gasteiger charge is -1.99. The number of ether oxygens (including phenoxy) is 1. The van der Waals surface area contributed by atoms with Crippen LogP contribution in [0.15, 0.2) is 17.4 Å². The van der Waals surface area contributed by atoms with Crippen LogP contribution in [0.5, 0.6) is 0 Å². The number of aromatic nitrogens is 2. The summed E-state index contributed by atoms with van der Waals surface area (Å²) in [5.74, 6) is 0.403. The molecule has 0 fully saturated rings. The van der Waals surface area contributed by atoms with Crippen LogP contribution in [0, 0.1) is 6.92 Å². The molecule has 0 atom stereocenters. The molecule has 1 heterocycles. The van der Waals surface area contributed by atoms with Crippen LogP contribution in [0.1, 0.15) is 5.69 Å². The van der Waals surface area contributed by atoms with Crippen molar-refractivity contribution in [3.05, 3.63) is 18.0 Å². The molecule has 76 valence electrons. The van der Waals surface area contributed by atoms with Gasteiger partial charge in [-0.05, 0) is 13.0 Å². The lowest BCUT2D eigenvalue weighted by atomic mass is 10.5. The van der Waals surface area contributed by atoms with Crippen molar-refractivity contribution < 1.29 is 9.53 Å². The first-order valence-electron chi connectivity index (χ1n) is 4.15. The van der Waals surface area contributed by atoms with E-state index in [1.54, 1.807) is 6.20 Å².